The molecule has 0 spiro atoms. The third kappa shape index (κ3) is 3.84. The van der Waals surface area contributed by atoms with Crippen molar-refractivity contribution in [2.24, 2.45) is 0 Å². The van der Waals surface area contributed by atoms with Gasteiger partial charge in [-0.2, -0.15) is 15.0 Å². The van der Waals surface area contributed by atoms with Crippen LogP contribution in [0.4, 0.5) is 11.9 Å². The zero-order valence-corrected chi connectivity index (χ0v) is 12.8. The molecule has 0 fully saturated rings. The molecular weight excluding hydrogens is 270 g/mol. The number of hydrogen-bond acceptors (Lipinski definition) is 6. The molecule has 1 aromatic carbocycles. The van der Waals surface area contributed by atoms with E-state index in [4.69, 9.17) is 5.73 Å². The van der Waals surface area contributed by atoms with E-state index in [0.717, 1.165) is 17.3 Å². The number of aromatic nitrogens is 3. The molecule has 0 bridgehead atoms. The van der Waals surface area contributed by atoms with Crippen LogP contribution in [0.15, 0.2) is 24.3 Å². The van der Waals surface area contributed by atoms with Gasteiger partial charge in [-0.3, -0.25) is 0 Å². The van der Waals surface area contributed by atoms with Gasteiger partial charge >= 0.3 is 0 Å². The van der Waals surface area contributed by atoms with Gasteiger partial charge in [0.2, 0.25) is 11.9 Å². The first-order valence-corrected chi connectivity index (χ1v) is 7.51. The highest BCUT2D eigenvalue weighted by Gasteiger charge is 2.06. The highest BCUT2D eigenvalue weighted by molar-refractivity contribution is 7.97. The number of nitrogens with zero attached hydrogens (tertiary/aromatic N) is 4. The minimum Gasteiger partial charge on any atom is -0.368 e. The fraction of sp³-hybridized carbons (Fsp3) is 0.357. The number of aryl methyl sites for hydroxylation is 1. The Morgan fingerprint density at radius 2 is 1.85 bits per heavy atom. The Balaban J connectivity index is 1.99. The third-order valence-electron chi connectivity index (χ3n) is 2.84. The number of thioether (sulfide) groups is 1. The lowest BCUT2D eigenvalue weighted by atomic mass is 10.1. The van der Waals surface area contributed by atoms with Gasteiger partial charge in [0.25, 0.3) is 0 Å². The molecule has 0 atom stereocenters. The van der Waals surface area contributed by atoms with E-state index < -0.39 is 0 Å². The fourth-order valence-corrected chi connectivity index (χ4v) is 2.67. The molecule has 0 radical (unpaired) electrons. The second kappa shape index (κ2) is 6.56. The van der Waals surface area contributed by atoms with E-state index in [1.165, 1.54) is 11.1 Å². The summed E-state index contributed by atoms with van der Waals surface area (Å²) in [4.78, 5) is 14.5. The summed E-state index contributed by atoms with van der Waals surface area (Å²) in [5.74, 6) is 3.26. The summed E-state index contributed by atoms with van der Waals surface area (Å²) in [5.41, 5.74) is 8.36. The van der Waals surface area contributed by atoms with Crippen LogP contribution >= 0.6 is 11.8 Å². The van der Waals surface area contributed by atoms with Gasteiger partial charge in [0.1, 0.15) is 5.82 Å². The van der Waals surface area contributed by atoms with E-state index in [1.54, 1.807) is 11.8 Å². The van der Waals surface area contributed by atoms with Crippen molar-refractivity contribution in [1.82, 2.24) is 15.0 Å². The fourth-order valence-electron chi connectivity index (χ4n) is 1.71. The highest BCUT2D eigenvalue weighted by atomic mass is 32.2. The number of anilines is 2. The predicted molar refractivity (Wildman–Crippen MR) is 84.7 cm³/mol. The maximum atomic E-state index is 5.71. The molecule has 6 heteroatoms. The van der Waals surface area contributed by atoms with E-state index >= 15 is 0 Å². The normalized spacial score (nSPS) is 10.6. The van der Waals surface area contributed by atoms with Gasteiger partial charge in [0.15, 0.2) is 0 Å². The Morgan fingerprint density at radius 1 is 1.10 bits per heavy atom. The molecule has 0 aliphatic heterocycles. The summed E-state index contributed by atoms with van der Waals surface area (Å²) in [6.07, 6.45) is 0. The average molecular weight is 289 g/mol. The second-order valence-corrected chi connectivity index (χ2v) is 5.71. The summed E-state index contributed by atoms with van der Waals surface area (Å²) in [5, 5.41) is 0. The van der Waals surface area contributed by atoms with Crippen LogP contribution in [0.25, 0.3) is 0 Å². The minimum absolute atomic E-state index is 0.273. The molecule has 106 valence electrons. The molecule has 0 saturated heterocycles. The van der Waals surface area contributed by atoms with E-state index in [2.05, 4.69) is 46.1 Å². The summed E-state index contributed by atoms with van der Waals surface area (Å²) in [6.45, 7) is 2.13. The Morgan fingerprint density at radius 3 is 2.55 bits per heavy atom. The van der Waals surface area contributed by atoms with Crippen molar-refractivity contribution in [1.29, 1.82) is 0 Å². The minimum atomic E-state index is 0.273. The van der Waals surface area contributed by atoms with Crippen molar-refractivity contribution in [2.45, 2.75) is 18.4 Å². The molecule has 20 heavy (non-hydrogen) atoms. The van der Waals surface area contributed by atoms with Crippen LogP contribution in [0, 0.1) is 6.92 Å². The topological polar surface area (TPSA) is 67.9 Å². The predicted octanol–water partition coefficient (Wildman–Crippen LogP) is 2.26. The summed E-state index contributed by atoms with van der Waals surface area (Å²) in [7, 11) is 3.78. The first-order chi connectivity index (χ1) is 9.56. The maximum absolute atomic E-state index is 5.71. The van der Waals surface area contributed by atoms with Crippen LogP contribution in [-0.2, 0) is 11.5 Å². The molecule has 0 saturated carbocycles. The summed E-state index contributed by atoms with van der Waals surface area (Å²) < 4.78 is 0. The second-order valence-electron chi connectivity index (χ2n) is 4.72. The van der Waals surface area contributed by atoms with Crippen molar-refractivity contribution >= 4 is 23.7 Å². The molecule has 0 aliphatic rings. The van der Waals surface area contributed by atoms with E-state index in [9.17, 15) is 0 Å². The Kier molecular flexibility index (Phi) is 4.79. The number of nitrogen functional groups attached to an aromatic ring is 1. The number of benzene rings is 1. The molecule has 0 amide bonds. The maximum Gasteiger partial charge on any atom is 0.229 e. The van der Waals surface area contributed by atoms with E-state index in [1.807, 2.05) is 19.0 Å². The summed E-state index contributed by atoms with van der Waals surface area (Å²) in [6, 6.07) is 8.39. The molecule has 1 heterocycles. The molecule has 0 aliphatic carbocycles. The Bertz CT molecular complexity index is 586. The van der Waals surface area contributed by atoms with Gasteiger partial charge in [0.05, 0.1) is 5.75 Å². The van der Waals surface area contributed by atoms with Crippen molar-refractivity contribution in [3.8, 4) is 0 Å². The molecule has 1 aromatic heterocycles. The quantitative estimate of drug-likeness (QED) is 0.910. The standard InChI is InChI=1S/C14H19N5S/c1-10-6-4-5-7-11(10)8-20-9-12-16-13(15)18-14(17-12)19(2)3/h4-7H,8-9H2,1-3H3,(H2,15,16,17,18). The molecule has 5 nitrogen and oxygen atoms in total. The van der Waals surface area contributed by atoms with Crippen LogP contribution in [0.2, 0.25) is 0 Å². The molecule has 2 rings (SSSR count). The van der Waals surface area contributed by atoms with Gasteiger partial charge in [-0.05, 0) is 18.1 Å². The lowest BCUT2D eigenvalue weighted by Crippen LogP contribution is -2.15. The van der Waals surface area contributed by atoms with Gasteiger partial charge in [-0.1, -0.05) is 24.3 Å². The molecular formula is C14H19N5S. The first kappa shape index (κ1) is 14.6. The monoisotopic (exact) mass is 289 g/mol. The van der Waals surface area contributed by atoms with E-state index in [0.29, 0.717) is 5.95 Å². The van der Waals surface area contributed by atoms with Crippen LogP contribution in [0.5, 0.6) is 0 Å². The van der Waals surface area contributed by atoms with Crippen molar-refractivity contribution in [3.63, 3.8) is 0 Å². The lowest BCUT2D eigenvalue weighted by molar-refractivity contribution is 0.919. The smallest absolute Gasteiger partial charge is 0.229 e. The van der Waals surface area contributed by atoms with Crippen molar-refractivity contribution in [2.75, 3.05) is 24.7 Å². The van der Waals surface area contributed by atoms with Crippen LogP contribution in [0.1, 0.15) is 17.0 Å². The average Bonchev–Trinajstić information content (AvgIpc) is 2.40. The number of nitrogens with two attached hydrogens (primary N) is 1. The zero-order chi connectivity index (χ0) is 14.5. The SMILES string of the molecule is Cc1ccccc1CSCc1nc(N)nc(N(C)C)n1. The van der Waals surface area contributed by atoms with Crippen LogP contribution in [-0.4, -0.2) is 29.0 Å². The van der Waals surface area contributed by atoms with E-state index in [-0.39, 0.29) is 5.95 Å². The summed E-state index contributed by atoms with van der Waals surface area (Å²) >= 11 is 1.78. The number of rotatable bonds is 5. The van der Waals surface area contributed by atoms with Crippen LogP contribution < -0.4 is 10.6 Å². The zero-order valence-electron chi connectivity index (χ0n) is 12.0. The third-order valence-corrected chi connectivity index (χ3v) is 3.81. The number of hydrogen-bond donors (Lipinski definition) is 1. The van der Waals surface area contributed by atoms with Gasteiger partial charge in [-0.15, -0.1) is 11.8 Å². The lowest BCUT2D eigenvalue weighted by Gasteiger charge is -2.11. The molecule has 0 unspecified atom stereocenters. The molecule has 2 N–H and O–H groups in total. The highest BCUT2D eigenvalue weighted by Crippen LogP contribution is 2.19. The Hall–Kier alpha value is -1.82. The van der Waals surface area contributed by atoms with Crippen molar-refractivity contribution < 1.29 is 0 Å². The first-order valence-electron chi connectivity index (χ1n) is 6.36. The van der Waals surface area contributed by atoms with Gasteiger partial charge in [-0.25, -0.2) is 0 Å². The van der Waals surface area contributed by atoms with Gasteiger partial charge < -0.3 is 10.6 Å². The van der Waals surface area contributed by atoms with Crippen LogP contribution in [0.3, 0.4) is 0 Å². The molecule has 2 aromatic rings. The van der Waals surface area contributed by atoms with Gasteiger partial charge in [0, 0.05) is 19.8 Å². The van der Waals surface area contributed by atoms with Crippen molar-refractivity contribution in [3.05, 3.63) is 41.2 Å². The largest absolute Gasteiger partial charge is 0.368 e. The Labute approximate surface area is 123 Å².